The second kappa shape index (κ2) is 8.43. The third kappa shape index (κ3) is 3.28. The zero-order valence-corrected chi connectivity index (χ0v) is 21.1. The Morgan fingerprint density at radius 1 is 1.11 bits per heavy atom. The lowest BCUT2D eigenvalue weighted by molar-refractivity contribution is -0.209. The number of benzene rings is 2. The van der Waals surface area contributed by atoms with Crippen LogP contribution in [0.2, 0.25) is 0 Å². The van der Waals surface area contributed by atoms with Crippen LogP contribution in [0.15, 0.2) is 36.4 Å². The fourth-order valence-corrected chi connectivity index (χ4v) is 7.84. The van der Waals surface area contributed by atoms with Gasteiger partial charge in [-0.2, -0.15) is 0 Å². The summed E-state index contributed by atoms with van der Waals surface area (Å²) in [6, 6.07) is 9.47. The maximum absolute atomic E-state index is 12.8. The summed E-state index contributed by atoms with van der Waals surface area (Å²) in [5, 5.41) is 35.2. The monoisotopic (exact) mass is 520 g/mol. The lowest BCUT2D eigenvalue weighted by Gasteiger charge is -2.64. The van der Waals surface area contributed by atoms with Crippen LogP contribution in [0.1, 0.15) is 60.0 Å². The maximum Gasteiger partial charge on any atom is 0.417 e. The number of nitrogens with zero attached hydrogens (tertiary/aromatic N) is 1. The van der Waals surface area contributed by atoms with Gasteiger partial charge in [-0.15, -0.1) is 0 Å². The third-order valence-electron chi connectivity index (χ3n) is 9.82. The van der Waals surface area contributed by atoms with Gasteiger partial charge in [0, 0.05) is 23.8 Å². The van der Waals surface area contributed by atoms with E-state index in [9.17, 15) is 19.8 Å². The van der Waals surface area contributed by atoms with E-state index in [2.05, 4.69) is 10.2 Å². The van der Waals surface area contributed by atoms with Gasteiger partial charge in [0.25, 0.3) is 0 Å². The molecule has 2 saturated carbocycles. The Hall–Kier alpha value is -3.14. The molecule has 4 N–H and O–H groups in total. The average Bonchev–Trinajstić information content (AvgIpc) is 3.22. The zero-order chi connectivity index (χ0) is 26.2. The van der Waals surface area contributed by atoms with Gasteiger partial charge in [-0.1, -0.05) is 12.5 Å². The number of amides is 1. The summed E-state index contributed by atoms with van der Waals surface area (Å²) < 4.78 is 12.1. The van der Waals surface area contributed by atoms with Crippen molar-refractivity contribution in [2.24, 2.45) is 5.92 Å². The number of carbonyl (C=O) groups is 2. The first-order valence-electron chi connectivity index (χ1n) is 13.6. The SMILES string of the molecule is O=C(Nc1ccc(C(=O)O)cc1)Oc1ccc2c3c1O[C@H]1[C@@H](O)CC[C@@]4(O)[C@@H](C2)N(CC2CCC2)CC[C@]314. The summed E-state index contributed by atoms with van der Waals surface area (Å²) >= 11 is 0. The number of rotatable bonds is 5. The van der Waals surface area contributed by atoms with Gasteiger partial charge < -0.3 is 24.8 Å². The van der Waals surface area contributed by atoms with Crippen molar-refractivity contribution in [2.75, 3.05) is 18.4 Å². The van der Waals surface area contributed by atoms with Crippen molar-refractivity contribution in [3.63, 3.8) is 0 Å². The minimum Gasteiger partial charge on any atom is -0.482 e. The van der Waals surface area contributed by atoms with Crippen molar-refractivity contribution < 1.29 is 34.4 Å². The molecule has 2 aromatic carbocycles. The van der Waals surface area contributed by atoms with Crippen LogP contribution in [-0.2, 0) is 11.8 Å². The van der Waals surface area contributed by atoms with Crippen LogP contribution >= 0.6 is 0 Å². The summed E-state index contributed by atoms with van der Waals surface area (Å²) in [7, 11) is 0. The minimum absolute atomic E-state index is 0.0299. The van der Waals surface area contributed by atoms with Crippen LogP contribution in [0.3, 0.4) is 0 Å². The van der Waals surface area contributed by atoms with Gasteiger partial charge in [0.15, 0.2) is 11.5 Å². The van der Waals surface area contributed by atoms with Crippen LogP contribution in [-0.4, -0.2) is 69.2 Å². The Bertz CT molecular complexity index is 1310. The number of carboxylic acid groups (broad SMARTS) is 1. The predicted octanol–water partition coefficient (Wildman–Crippen LogP) is 3.31. The smallest absolute Gasteiger partial charge is 0.417 e. The predicted molar refractivity (Wildman–Crippen MR) is 137 cm³/mol. The number of carbonyl (C=O) groups excluding carboxylic acids is 1. The molecule has 2 aromatic rings. The molecule has 9 nitrogen and oxygen atoms in total. The average molecular weight is 521 g/mol. The summed E-state index contributed by atoms with van der Waals surface area (Å²) in [4.78, 5) is 26.4. The van der Waals surface area contributed by atoms with Crippen molar-refractivity contribution in [1.29, 1.82) is 0 Å². The maximum atomic E-state index is 12.8. The van der Waals surface area contributed by atoms with Gasteiger partial charge in [0.1, 0.15) is 6.10 Å². The summed E-state index contributed by atoms with van der Waals surface area (Å²) in [5.74, 6) is 0.336. The number of ether oxygens (including phenoxy) is 2. The molecule has 3 fully saturated rings. The number of anilines is 1. The first-order chi connectivity index (χ1) is 18.3. The molecule has 0 unspecified atom stereocenters. The van der Waals surface area contributed by atoms with E-state index in [0.717, 1.165) is 24.2 Å². The zero-order valence-electron chi connectivity index (χ0n) is 21.1. The van der Waals surface area contributed by atoms with E-state index in [1.165, 1.54) is 43.5 Å². The Morgan fingerprint density at radius 2 is 1.89 bits per heavy atom. The van der Waals surface area contributed by atoms with Crippen LogP contribution in [0.5, 0.6) is 11.5 Å². The molecule has 0 aromatic heterocycles. The molecule has 0 radical (unpaired) electrons. The van der Waals surface area contributed by atoms with E-state index >= 15 is 0 Å². The van der Waals surface area contributed by atoms with Crippen LogP contribution in [0.25, 0.3) is 0 Å². The van der Waals surface area contributed by atoms with E-state index in [4.69, 9.17) is 14.6 Å². The van der Waals surface area contributed by atoms with E-state index in [1.54, 1.807) is 6.07 Å². The standard InChI is InChI=1S/C29H32N2O7/c32-20-10-11-29(36)22-14-18-6-9-21(37-27(35)30-19-7-4-17(5-8-19)26(33)34)24-23(18)28(29,25(20)38-24)12-13-31(22)15-16-2-1-3-16/h4-9,16,20,22,25,32,36H,1-3,10-15H2,(H,30,35)(H,33,34)/t20-,22+,25-,28-,29+/m0/s1. The van der Waals surface area contributed by atoms with Crippen LogP contribution in [0.4, 0.5) is 10.5 Å². The van der Waals surface area contributed by atoms with Crippen LogP contribution < -0.4 is 14.8 Å². The quantitative estimate of drug-likeness (QED) is 0.473. The lowest BCUT2D eigenvalue weighted by atomic mass is 9.48. The number of piperidine rings is 1. The number of hydrogen-bond acceptors (Lipinski definition) is 7. The molecular weight excluding hydrogens is 488 g/mol. The van der Waals surface area contributed by atoms with Crippen molar-refractivity contribution in [1.82, 2.24) is 4.90 Å². The molecule has 2 heterocycles. The lowest BCUT2D eigenvalue weighted by Crippen LogP contribution is -2.77. The fourth-order valence-electron chi connectivity index (χ4n) is 7.84. The number of aliphatic hydroxyl groups excluding tert-OH is 1. The highest BCUT2D eigenvalue weighted by atomic mass is 16.6. The summed E-state index contributed by atoms with van der Waals surface area (Å²) in [6.45, 7) is 1.85. The highest BCUT2D eigenvalue weighted by Gasteiger charge is 2.73. The Kier molecular flexibility index (Phi) is 5.31. The molecule has 3 aliphatic carbocycles. The van der Waals surface area contributed by atoms with Gasteiger partial charge in [-0.3, -0.25) is 10.2 Å². The molecule has 200 valence electrons. The van der Waals surface area contributed by atoms with Gasteiger partial charge >= 0.3 is 12.1 Å². The Balaban J connectivity index is 1.21. The minimum atomic E-state index is -1.05. The number of aromatic carboxylic acids is 1. The summed E-state index contributed by atoms with van der Waals surface area (Å²) in [6.07, 6.45) is 4.09. The second-order valence-corrected chi connectivity index (χ2v) is 11.6. The molecule has 1 saturated heterocycles. The molecular formula is C29H32N2O7. The molecule has 9 heteroatoms. The molecule has 1 amide bonds. The molecule has 2 bridgehead atoms. The van der Waals surface area contributed by atoms with Gasteiger partial charge in [-0.25, -0.2) is 9.59 Å². The van der Waals surface area contributed by atoms with Crippen molar-refractivity contribution in [2.45, 2.75) is 74.2 Å². The van der Waals surface area contributed by atoms with E-state index < -0.39 is 35.3 Å². The largest absolute Gasteiger partial charge is 0.482 e. The highest BCUT2D eigenvalue weighted by molar-refractivity contribution is 5.90. The highest BCUT2D eigenvalue weighted by Crippen LogP contribution is 2.65. The van der Waals surface area contributed by atoms with Gasteiger partial charge in [0.05, 0.1) is 22.7 Å². The third-order valence-corrected chi connectivity index (χ3v) is 9.82. The van der Waals surface area contributed by atoms with Gasteiger partial charge in [-0.05, 0) is 86.9 Å². The Morgan fingerprint density at radius 3 is 2.61 bits per heavy atom. The van der Waals surface area contributed by atoms with Crippen molar-refractivity contribution in [3.8, 4) is 11.5 Å². The number of nitrogens with one attached hydrogen (secondary N) is 1. The number of carboxylic acids is 1. The fraction of sp³-hybridized carbons (Fsp3) is 0.517. The van der Waals surface area contributed by atoms with E-state index in [0.29, 0.717) is 43.0 Å². The van der Waals surface area contributed by atoms with E-state index in [1.807, 2.05) is 6.07 Å². The van der Waals surface area contributed by atoms with Crippen molar-refractivity contribution >= 4 is 17.7 Å². The van der Waals surface area contributed by atoms with Crippen LogP contribution in [0, 0.1) is 5.92 Å². The van der Waals surface area contributed by atoms with Gasteiger partial charge in [0.2, 0.25) is 0 Å². The first kappa shape index (κ1) is 23.9. The molecule has 5 atom stereocenters. The van der Waals surface area contributed by atoms with E-state index in [-0.39, 0.29) is 17.4 Å². The topological polar surface area (TPSA) is 129 Å². The molecule has 5 aliphatic rings. The molecule has 2 aliphatic heterocycles. The number of aliphatic hydroxyl groups is 2. The Labute approximate surface area is 220 Å². The second-order valence-electron chi connectivity index (χ2n) is 11.6. The number of hydrogen-bond donors (Lipinski definition) is 4. The molecule has 38 heavy (non-hydrogen) atoms. The normalized spacial score (nSPS) is 33.1. The molecule has 7 rings (SSSR count). The summed E-state index contributed by atoms with van der Waals surface area (Å²) in [5.41, 5.74) is 0.723. The van der Waals surface area contributed by atoms with Crippen molar-refractivity contribution in [3.05, 3.63) is 53.1 Å². The molecule has 1 spiro atoms. The first-order valence-corrected chi connectivity index (χ1v) is 13.6. The number of likely N-dealkylation sites (tertiary alicyclic amines) is 1.